The lowest BCUT2D eigenvalue weighted by molar-refractivity contribution is -0.134. The number of oxazole rings is 1. The van der Waals surface area contributed by atoms with Crippen LogP contribution in [0.5, 0.6) is 0 Å². The molecule has 0 bridgehead atoms. The smallest absolute Gasteiger partial charge is 0.273 e. The van der Waals surface area contributed by atoms with Crippen LogP contribution in [-0.2, 0) is 20.8 Å². The first-order valence-corrected chi connectivity index (χ1v) is 8.25. The highest BCUT2D eigenvalue weighted by Crippen LogP contribution is 2.20. The highest BCUT2D eigenvalue weighted by atomic mass is 16.5. The number of carbonyl (C=O) groups is 2. The van der Waals surface area contributed by atoms with Crippen molar-refractivity contribution >= 4 is 11.8 Å². The molecule has 1 aromatic rings. The van der Waals surface area contributed by atoms with Gasteiger partial charge in [-0.2, -0.15) is 0 Å². The highest BCUT2D eigenvalue weighted by molar-refractivity contribution is 5.91. The minimum Gasteiger partial charge on any atom is -0.446 e. The van der Waals surface area contributed by atoms with Crippen LogP contribution in [0, 0.1) is 5.41 Å². The Morgan fingerprint density at radius 2 is 1.92 bits per heavy atom. The topological polar surface area (TPSA) is 93.9 Å². The van der Waals surface area contributed by atoms with E-state index in [0.29, 0.717) is 38.6 Å². The maximum atomic E-state index is 12.5. The standard InChI is InChI=1S/C17H29N3O5/c1-17(2,3)10-15(21)20(7-9-24-5)11-14-19-13(12-25-14)16(22)18-6-8-23-4/h12H,6-11H2,1-5H3,(H,18,22). The van der Waals surface area contributed by atoms with E-state index >= 15 is 0 Å². The number of rotatable bonds is 10. The summed E-state index contributed by atoms with van der Waals surface area (Å²) in [7, 11) is 3.14. The molecule has 0 aliphatic rings. The molecule has 1 aromatic heterocycles. The monoisotopic (exact) mass is 355 g/mol. The molecule has 2 amide bonds. The fourth-order valence-corrected chi connectivity index (χ4v) is 2.07. The number of hydrogen-bond donors (Lipinski definition) is 1. The summed E-state index contributed by atoms with van der Waals surface area (Å²) < 4.78 is 15.3. The minimum atomic E-state index is -0.337. The predicted octanol–water partition coefficient (Wildman–Crippen LogP) is 1.46. The largest absolute Gasteiger partial charge is 0.446 e. The van der Waals surface area contributed by atoms with E-state index in [1.807, 2.05) is 20.8 Å². The molecule has 1 heterocycles. The molecule has 0 radical (unpaired) electrons. The molecule has 142 valence electrons. The van der Waals surface area contributed by atoms with E-state index in [0.717, 1.165) is 0 Å². The van der Waals surface area contributed by atoms with Crippen molar-refractivity contribution < 1.29 is 23.5 Å². The number of aromatic nitrogens is 1. The van der Waals surface area contributed by atoms with E-state index in [9.17, 15) is 9.59 Å². The molecule has 1 N–H and O–H groups in total. The SMILES string of the molecule is COCCNC(=O)c1coc(CN(CCOC)C(=O)CC(C)(C)C)n1. The fraction of sp³-hybridized carbons (Fsp3) is 0.706. The van der Waals surface area contributed by atoms with Crippen molar-refractivity contribution in [2.75, 3.05) is 40.5 Å². The van der Waals surface area contributed by atoms with Crippen molar-refractivity contribution in [3.63, 3.8) is 0 Å². The first kappa shape index (κ1) is 21.1. The lowest BCUT2D eigenvalue weighted by atomic mass is 9.91. The summed E-state index contributed by atoms with van der Waals surface area (Å²) in [4.78, 5) is 30.2. The predicted molar refractivity (Wildman–Crippen MR) is 92.1 cm³/mol. The zero-order valence-electron chi connectivity index (χ0n) is 15.8. The Kier molecular flexibility index (Phi) is 8.57. The van der Waals surface area contributed by atoms with Crippen LogP contribution in [0.1, 0.15) is 43.6 Å². The van der Waals surface area contributed by atoms with Crippen molar-refractivity contribution in [1.82, 2.24) is 15.2 Å². The Balaban J connectivity index is 2.70. The Bertz CT molecular complexity index is 551. The van der Waals surface area contributed by atoms with Gasteiger partial charge in [0.25, 0.3) is 5.91 Å². The maximum absolute atomic E-state index is 12.5. The molecule has 0 aliphatic carbocycles. The molecule has 25 heavy (non-hydrogen) atoms. The van der Waals surface area contributed by atoms with Gasteiger partial charge in [-0.1, -0.05) is 20.8 Å². The number of carbonyl (C=O) groups excluding carboxylic acids is 2. The van der Waals surface area contributed by atoms with Crippen molar-refractivity contribution in [1.29, 1.82) is 0 Å². The average Bonchev–Trinajstić information content (AvgIpc) is 2.98. The normalized spacial score (nSPS) is 11.4. The Morgan fingerprint density at radius 1 is 1.24 bits per heavy atom. The van der Waals surface area contributed by atoms with Crippen LogP contribution in [0.2, 0.25) is 0 Å². The molecule has 1 rings (SSSR count). The van der Waals surface area contributed by atoms with Crippen molar-refractivity contribution in [2.45, 2.75) is 33.7 Å². The van der Waals surface area contributed by atoms with E-state index in [1.54, 1.807) is 19.1 Å². The Labute approximate surface area is 148 Å². The lowest BCUT2D eigenvalue weighted by Crippen LogP contribution is -2.35. The molecule has 0 fully saturated rings. The highest BCUT2D eigenvalue weighted by Gasteiger charge is 2.23. The van der Waals surface area contributed by atoms with E-state index in [1.165, 1.54) is 6.26 Å². The van der Waals surface area contributed by atoms with Gasteiger partial charge in [-0.05, 0) is 5.41 Å². The van der Waals surface area contributed by atoms with Gasteiger partial charge in [0.1, 0.15) is 6.26 Å². The number of amides is 2. The third-order valence-corrected chi connectivity index (χ3v) is 3.30. The molecule has 0 unspecified atom stereocenters. The van der Waals surface area contributed by atoms with Crippen LogP contribution in [-0.4, -0.2) is 62.2 Å². The third-order valence-electron chi connectivity index (χ3n) is 3.30. The van der Waals surface area contributed by atoms with Crippen LogP contribution in [0.3, 0.4) is 0 Å². The molecule has 0 aromatic carbocycles. The van der Waals surface area contributed by atoms with Crippen LogP contribution in [0.4, 0.5) is 0 Å². The Morgan fingerprint density at radius 3 is 2.52 bits per heavy atom. The number of methoxy groups -OCH3 is 2. The van der Waals surface area contributed by atoms with Crippen LogP contribution < -0.4 is 5.32 Å². The summed E-state index contributed by atoms with van der Waals surface area (Å²) in [5, 5.41) is 2.67. The van der Waals surface area contributed by atoms with E-state index in [-0.39, 0.29) is 29.5 Å². The van der Waals surface area contributed by atoms with Gasteiger partial charge in [-0.3, -0.25) is 9.59 Å². The molecule has 0 atom stereocenters. The fourth-order valence-electron chi connectivity index (χ4n) is 2.07. The summed E-state index contributed by atoms with van der Waals surface area (Å²) in [6.07, 6.45) is 1.70. The Hall–Kier alpha value is -1.93. The summed E-state index contributed by atoms with van der Waals surface area (Å²) in [5.74, 6) is -0.0272. The number of nitrogens with one attached hydrogen (secondary N) is 1. The zero-order valence-corrected chi connectivity index (χ0v) is 15.8. The molecular formula is C17H29N3O5. The first-order valence-electron chi connectivity index (χ1n) is 8.25. The number of ether oxygens (including phenoxy) is 2. The second-order valence-corrected chi connectivity index (χ2v) is 6.92. The van der Waals surface area contributed by atoms with Gasteiger partial charge < -0.3 is 24.1 Å². The van der Waals surface area contributed by atoms with Gasteiger partial charge in [0.05, 0.1) is 19.8 Å². The summed E-state index contributed by atoms with van der Waals surface area (Å²) in [5.41, 5.74) is 0.0619. The van der Waals surface area contributed by atoms with Gasteiger partial charge in [0.2, 0.25) is 11.8 Å². The van der Waals surface area contributed by atoms with Gasteiger partial charge in [0.15, 0.2) is 5.69 Å². The average molecular weight is 355 g/mol. The molecule has 8 heteroatoms. The van der Waals surface area contributed by atoms with Crippen molar-refractivity contribution in [3.8, 4) is 0 Å². The summed E-state index contributed by atoms with van der Waals surface area (Å²) >= 11 is 0. The minimum absolute atomic E-state index is 0.00570. The lowest BCUT2D eigenvalue weighted by Gasteiger charge is -2.25. The molecule has 0 aliphatic heterocycles. The quantitative estimate of drug-likeness (QED) is 0.639. The van der Waals surface area contributed by atoms with E-state index in [4.69, 9.17) is 13.9 Å². The van der Waals surface area contributed by atoms with E-state index in [2.05, 4.69) is 10.3 Å². The van der Waals surface area contributed by atoms with Crippen LogP contribution >= 0.6 is 0 Å². The van der Waals surface area contributed by atoms with Gasteiger partial charge in [-0.15, -0.1) is 0 Å². The second kappa shape index (κ2) is 10.1. The summed E-state index contributed by atoms with van der Waals surface area (Å²) in [6, 6.07) is 0. The summed E-state index contributed by atoms with van der Waals surface area (Å²) in [6.45, 7) is 7.88. The first-order chi connectivity index (χ1) is 11.8. The van der Waals surface area contributed by atoms with Crippen LogP contribution in [0.25, 0.3) is 0 Å². The molecular weight excluding hydrogens is 326 g/mol. The molecule has 0 saturated carbocycles. The molecule has 0 saturated heterocycles. The third kappa shape index (κ3) is 8.13. The molecule has 0 spiro atoms. The van der Waals surface area contributed by atoms with E-state index < -0.39 is 0 Å². The number of hydrogen-bond acceptors (Lipinski definition) is 6. The van der Waals surface area contributed by atoms with Crippen LogP contribution in [0.15, 0.2) is 10.7 Å². The zero-order chi connectivity index (χ0) is 18.9. The number of nitrogens with zero attached hydrogens (tertiary/aromatic N) is 2. The van der Waals surface area contributed by atoms with Gasteiger partial charge >= 0.3 is 0 Å². The van der Waals surface area contributed by atoms with Crippen molar-refractivity contribution in [3.05, 3.63) is 17.8 Å². The molecule has 8 nitrogen and oxygen atoms in total. The second-order valence-electron chi connectivity index (χ2n) is 6.92. The van der Waals surface area contributed by atoms with Gasteiger partial charge in [-0.25, -0.2) is 4.98 Å². The maximum Gasteiger partial charge on any atom is 0.273 e. The van der Waals surface area contributed by atoms with Crippen molar-refractivity contribution in [2.24, 2.45) is 5.41 Å². The van der Waals surface area contributed by atoms with Gasteiger partial charge in [0, 0.05) is 33.7 Å².